The second-order valence-corrected chi connectivity index (χ2v) is 5.97. The SMILES string of the molecule is CSc1ccc(Cl)c(C(=O)NC(CCO)C(C)C)c1. The molecule has 1 rings (SSSR count). The predicted molar refractivity (Wildman–Crippen MR) is 81.0 cm³/mol. The largest absolute Gasteiger partial charge is 0.396 e. The first kappa shape index (κ1) is 16.3. The van der Waals surface area contributed by atoms with Crippen molar-refractivity contribution in [2.24, 2.45) is 5.92 Å². The number of thioether (sulfide) groups is 1. The summed E-state index contributed by atoms with van der Waals surface area (Å²) in [7, 11) is 0. The highest BCUT2D eigenvalue weighted by Crippen LogP contribution is 2.23. The van der Waals surface area contributed by atoms with Gasteiger partial charge >= 0.3 is 0 Å². The van der Waals surface area contributed by atoms with E-state index in [-0.39, 0.29) is 24.5 Å². The molecule has 0 saturated carbocycles. The van der Waals surface area contributed by atoms with Gasteiger partial charge in [0, 0.05) is 17.5 Å². The highest BCUT2D eigenvalue weighted by Gasteiger charge is 2.18. The summed E-state index contributed by atoms with van der Waals surface area (Å²) in [6, 6.07) is 5.36. The van der Waals surface area contributed by atoms with Crippen molar-refractivity contribution < 1.29 is 9.90 Å². The molecule has 0 heterocycles. The number of benzene rings is 1. The van der Waals surface area contributed by atoms with E-state index in [0.29, 0.717) is 17.0 Å². The van der Waals surface area contributed by atoms with Crippen molar-refractivity contribution in [3.63, 3.8) is 0 Å². The average Bonchev–Trinajstić information content (AvgIpc) is 2.38. The third-order valence-electron chi connectivity index (χ3n) is 2.98. The van der Waals surface area contributed by atoms with Gasteiger partial charge in [-0.25, -0.2) is 0 Å². The molecule has 1 aromatic carbocycles. The minimum Gasteiger partial charge on any atom is -0.396 e. The van der Waals surface area contributed by atoms with Gasteiger partial charge in [0.05, 0.1) is 10.6 Å². The fraction of sp³-hybridized carbons (Fsp3) is 0.500. The van der Waals surface area contributed by atoms with Crippen LogP contribution in [0.15, 0.2) is 23.1 Å². The van der Waals surface area contributed by atoms with Gasteiger partial charge in [-0.3, -0.25) is 4.79 Å². The summed E-state index contributed by atoms with van der Waals surface area (Å²) in [6.45, 7) is 4.09. The van der Waals surface area contributed by atoms with Gasteiger partial charge in [-0.15, -0.1) is 11.8 Å². The van der Waals surface area contributed by atoms with E-state index in [2.05, 4.69) is 5.32 Å². The van der Waals surface area contributed by atoms with Crippen molar-refractivity contribution in [3.8, 4) is 0 Å². The van der Waals surface area contributed by atoms with Crippen molar-refractivity contribution in [3.05, 3.63) is 28.8 Å². The van der Waals surface area contributed by atoms with E-state index in [9.17, 15) is 4.79 Å². The minimum absolute atomic E-state index is 0.0495. The summed E-state index contributed by atoms with van der Waals surface area (Å²) in [4.78, 5) is 13.2. The van der Waals surface area contributed by atoms with Gasteiger partial charge < -0.3 is 10.4 Å². The molecule has 1 unspecified atom stereocenters. The van der Waals surface area contributed by atoms with Crippen LogP contribution in [-0.4, -0.2) is 29.9 Å². The molecule has 1 aromatic rings. The number of halogens is 1. The molecule has 0 saturated heterocycles. The fourth-order valence-corrected chi connectivity index (χ4v) is 2.41. The van der Waals surface area contributed by atoms with Crippen LogP contribution in [0.25, 0.3) is 0 Å². The molecule has 0 fully saturated rings. The van der Waals surface area contributed by atoms with Crippen LogP contribution in [0.1, 0.15) is 30.6 Å². The lowest BCUT2D eigenvalue weighted by atomic mass is 10.0. The molecule has 0 aliphatic heterocycles. The Kier molecular flexibility index (Phi) is 6.69. The molecule has 0 bridgehead atoms. The Morgan fingerprint density at radius 1 is 1.47 bits per heavy atom. The van der Waals surface area contributed by atoms with Crippen LogP contribution < -0.4 is 5.32 Å². The Balaban J connectivity index is 2.87. The number of amides is 1. The van der Waals surface area contributed by atoms with Crippen LogP contribution in [0.3, 0.4) is 0 Å². The molecule has 106 valence electrons. The Bertz CT molecular complexity index is 437. The topological polar surface area (TPSA) is 49.3 Å². The number of aliphatic hydroxyl groups excluding tert-OH is 1. The van der Waals surface area contributed by atoms with Crippen LogP contribution in [0.4, 0.5) is 0 Å². The van der Waals surface area contributed by atoms with Crippen LogP contribution >= 0.6 is 23.4 Å². The van der Waals surface area contributed by atoms with Crippen molar-refractivity contribution >= 4 is 29.3 Å². The molecule has 0 aliphatic rings. The maximum atomic E-state index is 12.2. The molecule has 19 heavy (non-hydrogen) atoms. The second-order valence-electron chi connectivity index (χ2n) is 4.68. The summed E-state index contributed by atoms with van der Waals surface area (Å²) in [5.74, 6) is 0.0756. The van der Waals surface area contributed by atoms with Crippen LogP contribution in [0.5, 0.6) is 0 Å². The highest BCUT2D eigenvalue weighted by atomic mass is 35.5. The van der Waals surface area contributed by atoms with Gasteiger partial charge in [0.15, 0.2) is 0 Å². The molecule has 0 radical (unpaired) electrons. The zero-order valence-electron chi connectivity index (χ0n) is 11.4. The number of hydrogen-bond acceptors (Lipinski definition) is 3. The summed E-state index contributed by atoms with van der Waals surface area (Å²) >= 11 is 7.63. The Hall–Kier alpha value is -0.710. The van der Waals surface area contributed by atoms with Crippen molar-refractivity contribution in [2.75, 3.05) is 12.9 Å². The highest BCUT2D eigenvalue weighted by molar-refractivity contribution is 7.98. The first-order valence-electron chi connectivity index (χ1n) is 6.24. The molecule has 5 heteroatoms. The number of hydrogen-bond donors (Lipinski definition) is 2. The summed E-state index contributed by atoms with van der Waals surface area (Å²) in [5.41, 5.74) is 0.483. The lowest BCUT2D eigenvalue weighted by Gasteiger charge is -2.22. The molecule has 0 aromatic heterocycles. The van der Waals surface area contributed by atoms with E-state index in [1.165, 1.54) is 0 Å². The molecule has 2 N–H and O–H groups in total. The summed E-state index contributed by atoms with van der Waals surface area (Å²) in [5, 5.41) is 12.4. The zero-order chi connectivity index (χ0) is 14.4. The van der Waals surface area contributed by atoms with Gasteiger partial charge in [-0.1, -0.05) is 25.4 Å². The van der Waals surface area contributed by atoms with Gasteiger partial charge in [0.1, 0.15) is 0 Å². The van der Waals surface area contributed by atoms with E-state index >= 15 is 0 Å². The third-order valence-corrected chi connectivity index (χ3v) is 4.03. The van der Waals surface area contributed by atoms with Crippen LogP contribution in [-0.2, 0) is 0 Å². The Labute approximate surface area is 123 Å². The standard InChI is InChI=1S/C14H20ClNO2S/c1-9(2)13(6-7-17)16-14(18)11-8-10(19-3)4-5-12(11)15/h4-5,8-9,13,17H,6-7H2,1-3H3,(H,16,18). The number of aliphatic hydroxyl groups is 1. The van der Waals surface area contributed by atoms with Crippen molar-refractivity contribution in [1.29, 1.82) is 0 Å². The van der Waals surface area contributed by atoms with Crippen LogP contribution in [0, 0.1) is 5.92 Å². The predicted octanol–water partition coefficient (Wildman–Crippen LogP) is 3.20. The second kappa shape index (κ2) is 7.78. The molecule has 1 amide bonds. The summed E-state index contributed by atoms with van der Waals surface area (Å²) in [6.07, 6.45) is 2.50. The van der Waals surface area contributed by atoms with E-state index in [1.54, 1.807) is 23.9 Å². The maximum absolute atomic E-state index is 12.2. The Morgan fingerprint density at radius 3 is 2.68 bits per heavy atom. The van der Waals surface area contributed by atoms with Crippen molar-refractivity contribution in [1.82, 2.24) is 5.32 Å². The molecule has 1 atom stereocenters. The Morgan fingerprint density at radius 2 is 2.16 bits per heavy atom. The third kappa shape index (κ3) is 4.71. The van der Waals surface area contributed by atoms with E-state index in [1.807, 2.05) is 26.2 Å². The fourth-order valence-electron chi connectivity index (χ4n) is 1.76. The minimum atomic E-state index is -0.187. The van der Waals surface area contributed by atoms with Crippen molar-refractivity contribution in [2.45, 2.75) is 31.2 Å². The maximum Gasteiger partial charge on any atom is 0.253 e. The molecule has 3 nitrogen and oxygen atoms in total. The number of carbonyl (C=O) groups excluding carboxylic acids is 1. The monoisotopic (exact) mass is 301 g/mol. The number of carbonyl (C=O) groups is 1. The normalized spacial score (nSPS) is 12.5. The molecule has 0 aliphatic carbocycles. The van der Waals surface area contributed by atoms with Gasteiger partial charge in [-0.2, -0.15) is 0 Å². The smallest absolute Gasteiger partial charge is 0.253 e. The number of rotatable bonds is 6. The first-order chi connectivity index (χ1) is 8.99. The quantitative estimate of drug-likeness (QED) is 0.793. The number of nitrogens with one attached hydrogen (secondary N) is 1. The zero-order valence-corrected chi connectivity index (χ0v) is 13.0. The molecular formula is C14H20ClNO2S. The van der Waals surface area contributed by atoms with Gasteiger partial charge in [0.2, 0.25) is 0 Å². The lowest BCUT2D eigenvalue weighted by molar-refractivity contribution is 0.0916. The summed E-state index contributed by atoms with van der Waals surface area (Å²) < 4.78 is 0. The lowest BCUT2D eigenvalue weighted by Crippen LogP contribution is -2.39. The van der Waals surface area contributed by atoms with Gasteiger partial charge in [-0.05, 0) is 36.8 Å². The van der Waals surface area contributed by atoms with Crippen LogP contribution in [0.2, 0.25) is 5.02 Å². The van der Waals surface area contributed by atoms with Gasteiger partial charge in [0.25, 0.3) is 5.91 Å². The molecular weight excluding hydrogens is 282 g/mol. The van der Waals surface area contributed by atoms with E-state index in [4.69, 9.17) is 16.7 Å². The molecule has 0 spiro atoms. The van der Waals surface area contributed by atoms with E-state index in [0.717, 1.165) is 4.90 Å². The first-order valence-corrected chi connectivity index (χ1v) is 7.85. The van der Waals surface area contributed by atoms with E-state index < -0.39 is 0 Å². The average molecular weight is 302 g/mol.